The van der Waals surface area contributed by atoms with Crippen LogP contribution in [0.3, 0.4) is 0 Å². The van der Waals surface area contributed by atoms with Gasteiger partial charge >= 0.3 is 0 Å². The van der Waals surface area contributed by atoms with Gasteiger partial charge in [0.15, 0.2) is 0 Å². The fourth-order valence-corrected chi connectivity index (χ4v) is 2.54. The Morgan fingerprint density at radius 2 is 1.93 bits per heavy atom. The van der Waals surface area contributed by atoms with Crippen LogP contribution in [0.1, 0.15) is 52.9 Å². The summed E-state index contributed by atoms with van der Waals surface area (Å²) < 4.78 is 0. The van der Waals surface area contributed by atoms with E-state index in [4.69, 9.17) is 5.11 Å². The molecule has 0 radical (unpaired) electrons. The molecule has 0 saturated heterocycles. The van der Waals surface area contributed by atoms with Gasteiger partial charge < -0.3 is 5.11 Å². The lowest BCUT2D eigenvalue weighted by Gasteiger charge is -2.24. The van der Waals surface area contributed by atoms with E-state index in [1.54, 1.807) is 0 Å². The van der Waals surface area contributed by atoms with Crippen molar-refractivity contribution in [2.45, 2.75) is 52.9 Å². The maximum absolute atomic E-state index is 9.00. The summed E-state index contributed by atoms with van der Waals surface area (Å²) in [5, 5.41) is 9.00. The lowest BCUT2D eigenvalue weighted by atomic mass is 9.82. The van der Waals surface area contributed by atoms with Crippen LogP contribution in [0.25, 0.3) is 0 Å². The van der Waals surface area contributed by atoms with Gasteiger partial charge in [-0.05, 0) is 43.9 Å². The molecule has 1 aliphatic carbocycles. The summed E-state index contributed by atoms with van der Waals surface area (Å²) in [4.78, 5) is 0. The van der Waals surface area contributed by atoms with Gasteiger partial charge in [0, 0.05) is 6.61 Å². The average molecular weight is 210 g/mol. The molecule has 1 heteroatoms. The van der Waals surface area contributed by atoms with Crippen LogP contribution in [-0.2, 0) is 0 Å². The molecule has 0 aromatic heterocycles. The predicted molar refractivity (Wildman–Crippen MR) is 65.7 cm³/mol. The zero-order chi connectivity index (χ0) is 11.3. The van der Waals surface area contributed by atoms with E-state index in [9.17, 15) is 0 Å². The summed E-state index contributed by atoms with van der Waals surface area (Å²) in [6, 6.07) is 0. The van der Waals surface area contributed by atoms with E-state index in [0.29, 0.717) is 12.5 Å². The minimum absolute atomic E-state index is 0.312. The van der Waals surface area contributed by atoms with Gasteiger partial charge in [-0.3, -0.25) is 0 Å². The highest BCUT2D eigenvalue weighted by Crippen LogP contribution is 2.30. The van der Waals surface area contributed by atoms with Crippen molar-refractivity contribution in [3.63, 3.8) is 0 Å². The van der Waals surface area contributed by atoms with Crippen molar-refractivity contribution in [1.82, 2.24) is 0 Å². The maximum atomic E-state index is 9.00. The van der Waals surface area contributed by atoms with Crippen molar-refractivity contribution in [2.75, 3.05) is 6.61 Å². The Kier molecular flexibility index (Phi) is 5.38. The van der Waals surface area contributed by atoms with E-state index in [2.05, 4.69) is 26.8 Å². The first-order valence-electron chi connectivity index (χ1n) is 6.40. The van der Waals surface area contributed by atoms with Crippen molar-refractivity contribution < 1.29 is 5.11 Å². The van der Waals surface area contributed by atoms with E-state index >= 15 is 0 Å². The minimum Gasteiger partial charge on any atom is -0.396 e. The molecular weight excluding hydrogens is 184 g/mol. The Labute approximate surface area is 94.6 Å². The first-order valence-corrected chi connectivity index (χ1v) is 6.40. The Morgan fingerprint density at radius 1 is 1.33 bits per heavy atom. The molecule has 0 spiro atoms. The van der Waals surface area contributed by atoms with Gasteiger partial charge in [-0.25, -0.2) is 0 Å². The van der Waals surface area contributed by atoms with E-state index < -0.39 is 0 Å². The number of rotatable bonds is 4. The highest BCUT2D eigenvalue weighted by atomic mass is 16.3. The Hall–Kier alpha value is -0.300. The van der Waals surface area contributed by atoms with Crippen LogP contribution in [0.4, 0.5) is 0 Å². The smallest absolute Gasteiger partial charge is 0.0459 e. The summed E-state index contributed by atoms with van der Waals surface area (Å²) in [6.07, 6.45) is 9.03. The van der Waals surface area contributed by atoms with Gasteiger partial charge in [0.25, 0.3) is 0 Å². The fourth-order valence-electron chi connectivity index (χ4n) is 2.54. The molecule has 0 amide bonds. The van der Waals surface area contributed by atoms with Crippen LogP contribution in [0, 0.1) is 17.8 Å². The van der Waals surface area contributed by atoms with Crippen molar-refractivity contribution in [1.29, 1.82) is 0 Å². The molecule has 1 rings (SSSR count). The van der Waals surface area contributed by atoms with Crippen molar-refractivity contribution in [2.24, 2.45) is 17.8 Å². The molecular formula is C14H26O. The largest absolute Gasteiger partial charge is 0.396 e. The van der Waals surface area contributed by atoms with Crippen LogP contribution in [0.5, 0.6) is 0 Å². The quantitative estimate of drug-likeness (QED) is 0.700. The molecule has 15 heavy (non-hydrogen) atoms. The maximum Gasteiger partial charge on any atom is 0.0459 e. The lowest BCUT2D eigenvalue weighted by molar-refractivity contribution is 0.236. The second-order valence-corrected chi connectivity index (χ2v) is 5.52. The van der Waals surface area contributed by atoms with Crippen LogP contribution in [0.15, 0.2) is 11.6 Å². The molecule has 0 aromatic rings. The molecule has 0 aromatic carbocycles. The number of hydrogen-bond donors (Lipinski definition) is 1. The number of allylic oxidation sites excluding steroid dienone is 2. The fraction of sp³-hybridized carbons (Fsp3) is 0.857. The molecule has 88 valence electrons. The first kappa shape index (κ1) is 12.8. The number of aliphatic hydroxyl groups is 1. The van der Waals surface area contributed by atoms with Crippen molar-refractivity contribution in [3.05, 3.63) is 11.6 Å². The van der Waals surface area contributed by atoms with E-state index in [-0.39, 0.29) is 0 Å². The third kappa shape index (κ3) is 4.83. The third-order valence-electron chi connectivity index (χ3n) is 3.56. The highest BCUT2D eigenvalue weighted by molar-refractivity contribution is 5.02. The molecule has 1 atom stereocenters. The van der Waals surface area contributed by atoms with Crippen molar-refractivity contribution in [3.8, 4) is 0 Å². The molecule has 1 N–H and O–H groups in total. The molecule has 0 aliphatic heterocycles. The van der Waals surface area contributed by atoms with Crippen molar-refractivity contribution >= 4 is 0 Å². The summed E-state index contributed by atoms with van der Waals surface area (Å²) in [5.41, 5.74) is 1.47. The van der Waals surface area contributed by atoms with Crippen LogP contribution >= 0.6 is 0 Å². The summed E-state index contributed by atoms with van der Waals surface area (Å²) in [5.74, 6) is 2.17. The molecule has 1 fully saturated rings. The van der Waals surface area contributed by atoms with Crippen LogP contribution in [-0.4, -0.2) is 11.7 Å². The second kappa shape index (κ2) is 6.32. The van der Waals surface area contributed by atoms with E-state index in [0.717, 1.165) is 18.3 Å². The standard InChI is InChI=1S/C14H26O/c1-11-4-6-14(7-5-11)9-12(2)8-13(3)10-15/h9,11,13-15H,4-8,10H2,1-3H3/b12-9+. The van der Waals surface area contributed by atoms with Gasteiger partial charge in [-0.15, -0.1) is 0 Å². The molecule has 0 bridgehead atoms. The predicted octanol–water partition coefficient (Wildman–Crippen LogP) is 3.78. The van der Waals surface area contributed by atoms with Gasteiger partial charge in [0.1, 0.15) is 0 Å². The zero-order valence-electron chi connectivity index (χ0n) is 10.5. The SMILES string of the molecule is C/C(=C\C1CCC(C)CC1)CC(C)CO. The average Bonchev–Trinajstić information content (AvgIpc) is 2.21. The monoisotopic (exact) mass is 210 g/mol. The molecule has 1 nitrogen and oxygen atoms in total. The van der Waals surface area contributed by atoms with Crippen LogP contribution < -0.4 is 0 Å². The lowest BCUT2D eigenvalue weighted by Crippen LogP contribution is -2.11. The Balaban J connectivity index is 2.34. The molecule has 1 saturated carbocycles. The topological polar surface area (TPSA) is 20.2 Å². The van der Waals surface area contributed by atoms with Crippen LogP contribution in [0.2, 0.25) is 0 Å². The van der Waals surface area contributed by atoms with Gasteiger partial charge in [-0.1, -0.05) is 38.3 Å². The van der Waals surface area contributed by atoms with E-state index in [1.165, 1.54) is 31.3 Å². The second-order valence-electron chi connectivity index (χ2n) is 5.52. The van der Waals surface area contributed by atoms with Gasteiger partial charge in [-0.2, -0.15) is 0 Å². The Morgan fingerprint density at radius 3 is 2.47 bits per heavy atom. The number of aliphatic hydroxyl groups excluding tert-OH is 1. The number of hydrogen-bond acceptors (Lipinski definition) is 1. The van der Waals surface area contributed by atoms with Gasteiger partial charge in [0.2, 0.25) is 0 Å². The first-order chi connectivity index (χ1) is 7.11. The van der Waals surface area contributed by atoms with E-state index in [1.807, 2.05) is 0 Å². The minimum atomic E-state index is 0.312. The van der Waals surface area contributed by atoms with Gasteiger partial charge in [0.05, 0.1) is 0 Å². The normalized spacial score (nSPS) is 30.3. The summed E-state index contributed by atoms with van der Waals surface area (Å²) >= 11 is 0. The molecule has 1 aliphatic rings. The third-order valence-corrected chi connectivity index (χ3v) is 3.56. The molecule has 0 heterocycles. The molecule has 1 unspecified atom stereocenters. The Bertz CT molecular complexity index is 199. The zero-order valence-corrected chi connectivity index (χ0v) is 10.5. The highest BCUT2D eigenvalue weighted by Gasteiger charge is 2.16. The summed E-state index contributed by atoms with van der Waals surface area (Å²) in [7, 11) is 0. The summed E-state index contributed by atoms with van der Waals surface area (Å²) in [6.45, 7) is 7.00.